The maximum Gasteiger partial charge on any atom is 0.326 e. The fraction of sp³-hybridized carbons (Fsp3) is 0.645. The molecule has 1 aliphatic heterocycles. The number of carbonyl (C=O) groups is 5. The fourth-order valence-electron chi connectivity index (χ4n) is 5.01. The zero-order valence-electron chi connectivity index (χ0n) is 25.8. The molecule has 0 spiro atoms. The third kappa shape index (κ3) is 9.82. The van der Waals surface area contributed by atoms with Crippen molar-refractivity contribution in [1.29, 1.82) is 0 Å². The van der Waals surface area contributed by atoms with Crippen molar-refractivity contribution in [3.05, 3.63) is 35.9 Å². The Bertz CT molecular complexity index is 1080. The van der Waals surface area contributed by atoms with Crippen LogP contribution >= 0.6 is 0 Å². The van der Waals surface area contributed by atoms with E-state index in [0.717, 1.165) is 5.56 Å². The Labute approximate surface area is 249 Å². The average molecular weight is 588 g/mol. The van der Waals surface area contributed by atoms with Gasteiger partial charge in [-0.15, -0.1) is 0 Å². The molecular weight excluding hydrogens is 538 g/mol. The van der Waals surface area contributed by atoms with Crippen molar-refractivity contribution in [2.45, 2.75) is 104 Å². The zero-order valence-corrected chi connectivity index (χ0v) is 25.8. The lowest BCUT2D eigenvalue weighted by Gasteiger charge is -2.33. The van der Waals surface area contributed by atoms with Gasteiger partial charge in [-0.2, -0.15) is 0 Å². The van der Waals surface area contributed by atoms with Gasteiger partial charge in [0.1, 0.15) is 24.2 Å². The minimum Gasteiger partial charge on any atom is -0.480 e. The van der Waals surface area contributed by atoms with Gasteiger partial charge >= 0.3 is 5.97 Å². The number of aliphatic carboxylic acids is 1. The molecule has 6 N–H and O–H groups in total. The van der Waals surface area contributed by atoms with Crippen LogP contribution in [0.1, 0.15) is 72.8 Å². The van der Waals surface area contributed by atoms with Crippen molar-refractivity contribution >= 4 is 29.6 Å². The van der Waals surface area contributed by atoms with E-state index < -0.39 is 53.9 Å². The number of carboxylic acid groups (broad SMARTS) is 1. The third-order valence-corrected chi connectivity index (χ3v) is 7.87. The first kappa shape index (κ1) is 34.7. The monoisotopic (exact) mass is 587 g/mol. The van der Waals surface area contributed by atoms with Crippen molar-refractivity contribution in [3.8, 4) is 0 Å². The molecule has 1 fully saturated rings. The lowest BCUT2D eigenvalue weighted by atomic mass is 9.96. The first-order chi connectivity index (χ1) is 19.8. The topological polar surface area (TPSA) is 171 Å². The summed E-state index contributed by atoms with van der Waals surface area (Å²) < 4.78 is 0. The van der Waals surface area contributed by atoms with Gasteiger partial charge in [0.2, 0.25) is 23.6 Å². The summed E-state index contributed by atoms with van der Waals surface area (Å²) >= 11 is 0. The molecule has 6 atom stereocenters. The Morgan fingerprint density at radius 1 is 0.952 bits per heavy atom. The molecule has 0 unspecified atom stereocenters. The molecule has 1 aromatic rings. The Balaban J connectivity index is 2.19. The molecule has 234 valence electrons. The molecule has 0 aliphatic carbocycles. The Kier molecular flexibility index (Phi) is 13.4. The highest BCUT2D eigenvalue weighted by Crippen LogP contribution is 2.22. The second-order valence-corrected chi connectivity index (χ2v) is 12.1. The first-order valence-electron chi connectivity index (χ1n) is 15.0. The van der Waals surface area contributed by atoms with Gasteiger partial charge in [0.05, 0.1) is 6.04 Å². The van der Waals surface area contributed by atoms with E-state index >= 15 is 0 Å². The van der Waals surface area contributed by atoms with Gasteiger partial charge in [0, 0.05) is 13.0 Å². The highest BCUT2D eigenvalue weighted by atomic mass is 16.4. The molecule has 0 saturated carbocycles. The molecular formula is C31H49N5O6. The summed E-state index contributed by atoms with van der Waals surface area (Å²) in [4.78, 5) is 66.7. The maximum atomic E-state index is 13.7. The summed E-state index contributed by atoms with van der Waals surface area (Å²) in [6.45, 7) is 11.6. The smallest absolute Gasteiger partial charge is 0.326 e. The number of nitrogens with one attached hydrogen (secondary N) is 3. The Morgan fingerprint density at radius 2 is 1.60 bits per heavy atom. The van der Waals surface area contributed by atoms with E-state index in [9.17, 15) is 29.1 Å². The molecule has 1 heterocycles. The van der Waals surface area contributed by atoms with Crippen LogP contribution in [0.5, 0.6) is 0 Å². The van der Waals surface area contributed by atoms with Crippen molar-refractivity contribution in [2.75, 3.05) is 6.54 Å². The number of nitrogens with two attached hydrogens (primary N) is 1. The van der Waals surface area contributed by atoms with Gasteiger partial charge in [-0.25, -0.2) is 4.79 Å². The Morgan fingerprint density at radius 3 is 2.14 bits per heavy atom. The largest absolute Gasteiger partial charge is 0.480 e. The number of carboxylic acids is 1. The average Bonchev–Trinajstić information content (AvgIpc) is 3.44. The standard InChI is InChI=1S/C31H49N5O6/c1-7-20(6)26(35-29(39)25(32)19(4)5)30(40)36-15-11-14-24(36)28(38)33-22(16-18(2)3)27(37)34-23(31(41)42)17-21-12-9-8-10-13-21/h8-10,12-13,18-20,22-26H,7,11,14-17,32H2,1-6H3,(H,33,38)(H,34,37)(H,35,39)(H,41,42)/t20-,22-,23-,24-,25-,26-/m0/s1. The van der Waals surface area contributed by atoms with Crippen molar-refractivity contribution in [2.24, 2.45) is 23.5 Å². The molecule has 0 radical (unpaired) electrons. The first-order valence-corrected chi connectivity index (χ1v) is 15.0. The van der Waals surface area contributed by atoms with Crippen LogP contribution in [0.25, 0.3) is 0 Å². The predicted octanol–water partition coefficient (Wildman–Crippen LogP) is 1.83. The molecule has 1 saturated heterocycles. The molecule has 11 nitrogen and oxygen atoms in total. The molecule has 42 heavy (non-hydrogen) atoms. The highest BCUT2D eigenvalue weighted by Gasteiger charge is 2.41. The van der Waals surface area contributed by atoms with Crippen molar-refractivity contribution in [3.63, 3.8) is 0 Å². The number of rotatable bonds is 15. The van der Waals surface area contributed by atoms with Crippen LogP contribution in [-0.4, -0.2) is 76.4 Å². The number of nitrogens with zero attached hydrogens (tertiary/aromatic N) is 1. The second-order valence-electron chi connectivity index (χ2n) is 12.1. The van der Waals surface area contributed by atoms with Crippen molar-refractivity contribution in [1.82, 2.24) is 20.9 Å². The molecule has 2 rings (SSSR count). The predicted molar refractivity (Wildman–Crippen MR) is 160 cm³/mol. The van der Waals surface area contributed by atoms with Crippen molar-refractivity contribution < 1.29 is 29.1 Å². The van der Waals surface area contributed by atoms with Gasteiger partial charge in [-0.05, 0) is 42.6 Å². The SMILES string of the molecule is CC[C@H](C)[C@H](NC(=O)[C@@H](N)C(C)C)C(=O)N1CCC[C@H]1C(=O)N[C@@H](CC(C)C)C(=O)N[C@@H](Cc1ccccc1)C(=O)O. The lowest BCUT2D eigenvalue weighted by Crippen LogP contribution is -2.59. The summed E-state index contributed by atoms with van der Waals surface area (Å²) in [6.07, 6.45) is 2.01. The van der Waals surface area contributed by atoms with E-state index in [-0.39, 0.29) is 36.5 Å². The number of amides is 4. The Hall–Kier alpha value is -3.47. The van der Waals surface area contributed by atoms with Gasteiger partial charge in [-0.1, -0.05) is 78.3 Å². The summed E-state index contributed by atoms with van der Waals surface area (Å²) in [5.41, 5.74) is 6.78. The summed E-state index contributed by atoms with van der Waals surface area (Å²) in [5, 5.41) is 18.0. The highest BCUT2D eigenvalue weighted by molar-refractivity contribution is 5.96. The molecule has 0 bridgehead atoms. The molecule has 0 aromatic heterocycles. The number of likely N-dealkylation sites (tertiary alicyclic amines) is 1. The maximum absolute atomic E-state index is 13.7. The molecule has 11 heteroatoms. The van der Waals surface area contributed by atoms with Gasteiger partial charge in [-0.3, -0.25) is 19.2 Å². The van der Waals surface area contributed by atoms with Crippen LogP contribution in [0.15, 0.2) is 30.3 Å². The third-order valence-electron chi connectivity index (χ3n) is 7.87. The minimum absolute atomic E-state index is 0.0231. The fourth-order valence-corrected chi connectivity index (χ4v) is 5.01. The number of benzene rings is 1. The number of hydrogen-bond donors (Lipinski definition) is 5. The quantitative estimate of drug-likeness (QED) is 0.208. The van der Waals surface area contributed by atoms with E-state index in [2.05, 4.69) is 16.0 Å². The summed E-state index contributed by atoms with van der Waals surface area (Å²) in [6, 6.07) is 4.39. The number of hydrogen-bond acceptors (Lipinski definition) is 6. The second kappa shape index (κ2) is 16.2. The molecule has 1 aromatic carbocycles. The van der Waals surface area contributed by atoms with E-state index in [0.29, 0.717) is 25.8 Å². The summed E-state index contributed by atoms with van der Waals surface area (Å²) in [5.74, 6) is -3.30. The normalized spacial score (nSPS) is 18.6. The number of carbonyl (C=O) groups excluding carboxylic acids is 4. The van der Waals surface area contributed by atoms with Gasteiger partial charge < -0.3 is 31.7 Å². The summed E-state index contributed by atoms with van der Waals surface area (Å²) in [7, 11) is 0. The molecule has 1 aliphatic rings. The zero-order chi connectivity index (χ0) is 31.6. The lowest BCUT2D eigenvalue weighted by molar-refractivity contribution is -0.144. The van der Waals surface area contributed by atoms with E-state index in [1.165, 1.54) is 4.90 Å². The van der Waals surface area contributed by atoms with Crippen LogP contribution in [0.3, 0.4) is 0 Å². The van der Waals surface area contributed by atoms with E-state index in [4.69, 9.17) is 5.73 Å². The van der Waals surface area contributed by atoms with Crippen LogP contribution in [-0.2, 0) is 30.4 Å². The van der Waals surface area contributed by atoms with Gasteiger partial charge in [0.15, 0.2) is 0 Å². The minimum atomic E-state index is -1.18. The van der Waals surface area contributed by atoms with E-state index in [1.54, 1.807) is 24.3 Å². The van der Waals surface area contributed by atoms with Crippen LogP contribution in [0.4, 0.5) is 0 Å². The van der Waals surface area contributed by atoms with Crippen LogP contribution in [0.2, 0.25) is 0 Å². The van der Waals surface area contributed by atoms with Gasteiger partial charge in [0.25, 0.3) is 0 Å². The van der Waals surface area contributed by atoms with Crippen LogP contribution < -0.4 is 21.7 Å². The molecule has 4 amide bonds. The van der Waals surface area contributed by atoms with Crippen LogP contribution in [0, 0.1) is 17.8 Å². The van der Waals surface area contributed by atoms with E-state index in [1.807, 2.05) is 47.6 Å².